The van der Waals surface area contributed by atoms with Crippen LogP contribution in [0.25, 0.3) is 0 Å². The van der Waals surface area contributed by atoms with Crippen LogP contribution in [0.2, 0.25) is 0 Å². The fourth-order valence-corrected chi connectivity index (χ4v) is 2.97. The second-order valence-electron chi connectivity index (χ2n) is 4.22. The van der Waals surface area contributed by atoms with Gasteiger partial charge in [0, 0.05) is 5.56 Å². The molecular weight excluding hydrogens is 400 g/mol. The van der Waals surface area contributed by atoms with Gasteiger partial charge in [0.1, 0.15) is 11.5 Å². The third-order valence-electron chi connectivity index (χ3n) is 2.75. The number of Topliss-reactive ketones (excluding diaryl/α,β-unsaturated/α-hetero) is 1. The molecule has 0 saturated carbocycles. The topological polar surface area (TPSA) is 35.5 Å². The summed E-state index contributed by atoms with van der Waals surface area (Å²) in [6, 6.07) is 12.7. The van der Waals surface area contributed by atoms with Crippen molar-refractivity contribution < 1.29 is 14.3 Å². The standard InChI is InChI=1S/C16H14Br2O3/c1-2-20-12-8-6-11(7-9-12)15(19)10-21-16-13(17)4-3-5-14(16)18/h3-9H,2,10H2,1H3. The van der Waals surface area contributed by atoms with Crippen molar-refractivity contribution in [2.24, 2.45) is 0 Å². The van der Waals surface area contributed by atoms with E-state index in [2.05, 4.69) is 31.9 Å². The quantitative estimate of drug-likeness (QED) is 0.633. The minimum absolute atomic E-state index is 0.0187. The average Bonchev–Trinajstić information content (AvgIpc) is 2.47. The molecule has 0 N–H and O–H groups in total. The summed E-state index contributed by atoms with van der Waals surface area (Å²) in [6.07, 6.45) is 0. The number of ketones is 1. The van der Waals surface area contributed by atoms with Gasteiger partial charge in [0.25, 0.3) is 0 Å². The van der Waals surface area contributed by atoms with Gasteiger partial charge in [-0.25, -0.2) is 0 Å². The highest BCUT2D eigenvalue weighted by atomic mass is 79.9. The molecule has 0 saturated heterocycles. The molecule has 0 atom stereocenters. The van der Waals surface area contributed by atoms with E-state index in [0.717, 1.165) is 14.7 Å². The Morgan fingerprint density at radius 1 is 1.00 bits per heavy atom. The zero-order chi connectivity index (χ0) is 15.2. The molecule has 2 rings (SSSR count). The lowest BCUT2D eigenvalue weighted by Crippen LogP contribution is -2.12. The van der Waals surface area contributed by atoms with Crippen LogP contribution in [-0.4, -0.2) is 19.0 Å². The molecule has 0 aromatic heterocycles. The van der Waals surface area contributed by atoms with Crippen LogP contribution < -0.4 is 9.47 Å². The summed E-state index contributed by atoms with van der Waals surface area (Å²) < 4.78 is 12.5. The van der Waals surface area contributed by atoms with Crippen molar-refractivity contribution in [1.29, 1.82) is 0 Å². The Balaban J connectivity index is 2.01. The van der Waals surface area contributed by atoms with Gasteiger partial charge in [-0.1, -0.05) is 6.07 Å². The molecule has 0 amide bonds. The van der Waals surface area contributed by atoms with Crippen LogP contribution in [-0.2, 0) is 0 Å². The summed E-state index contributed by atoms with van der Waals surface area (Å²) in [5, 5.41) is 0. The normalized spacial score (nSPS) is 10.2. The number of benzene rings is 2. The van der Waals surface area contributed by atoms with E-state index in [4.69, 9.17) is 9.47 Å². The van der Waals surface area contributed by atoms with E-state index in [1.54, 1.807) is 24.3 Å². The van der Waals surface area contributed by atoms with Crippen LogP contribution >= 0.6 is 31.9 Å². The van der Waals surface area contributed by atoms with Crippen LogP contribution in [0.5, 0.6) is 11.5 Å². The van der Waals surface area contributed by atoms with Gasteiger partial charge in [0.2, 0.25) is 0 Å². The fourth-order valence-electron chi connectivity index (χ4n) is 1.75. The third kappa shape index (κ3) is 4.32. The first kappa shape index (κ1) is 16.0. The Bertz CT molecular complexity index is 604. The lowest BCUT2D eigenvalue weighted by atomic mass is 10.1. The number of ether oxygens (including phenoxy) is 2. The molecule has 5 heteroatoms. The minimum atomic E-state index is -0.0827. The number of halogens is 2. The second kappa shape index (κ2) is 7.61. The summed E-state index contributed by atoms with van der Waals surface area (Å²) in [4.78, 5) is 12.1. The van der Waals surface area contributed by atoms with Gasteiger partial charge in [-0.15, -0.1) is 0 Å². The molecule has 0 heterocycles. The Labute approximate surface area is 140 Å². The van der Waals surface area contributed by atoms with Gasteiger partial charge in [-0.2, -0.15) is 0 Å². The lowest BCUT2D eigenvalue weighted by Gasteiger charge is -2.10. The van der Waals surface area contributed by atoms with Crippen LogP contribution in [0, 0.1) is 0 Å². The molecule has 2 aromatic rings. The van der Waals surface area contributed by atoms with Crippen molar-refractivity contribution in [1.82, 2.24) is 0 Å². The maximum absolute atomic E-state index is 12.1. The molecule has 0 radical (unpaired) electrons. The van der Waals surface area contributed by atoms with E-state index >= 15 is 0 Å². The average molecular weight is 414 g/mol. The van der Waals surface area contributed by atoms with Gasteiger partial charge >= 0.3 is 0 Å². The molecule has 0 aliphatic rings. The number of hydrogen-bond donors (Lipinski definition) is 0. The molecule has 0 bridgehead atoms. The van der Waals surface area contributed by atoms with Crippen molar-refractivity contribution in [2.45, 2.75) is 6.92 Å². The van der Waals surface area contributed by atoms with Crippen molar-refractivity contribution in [3.63, 3.8) is 0 Å². The van der Waals surface area contributed by atoms with E-state index in [0.29, 0.717) is 17.9 Å². The maximum atomic E-state index is 12.1. The Morgan fingerprint density at radius 3 is 2.19 bits per heavy atom. The van der Waals surface area contributed by atoms with Crippen molar-refractivity contribution in [3.8, 4) is 11.5 Å². The van der Waals surface area contributed by atoms with Gasteiger partial charge in [0.05, 0.1) is 15.6 Å². The number of hydrogen-bond acceptors (Lipinski definition) is 3. The van der Waals surface area contributed by atoms with Gasteiger partial charge < -0.3 is 9.47 Å². The molecule has 0 fully saturated rings. The van der Waals surface area contributed by atoms with Crippen LogP contribution in [0.4, 0.5) is 0 Å². The predicted octanol–water partition coefficient (Wildman–Crippen LogP) is 4.87. The predicted molar refractivity (Wildman–Crippen MR) is 89.3 cm³/mol. The smallest absolute Gasteiger partial charge is 0.200 e. The second-order valence-corrected chi connectivity index (χ2v) is 5.93. The summed E-state index contributed by atoms with van der Waals surface area (Å²) in [5.41, 5.74) is 0.599. The molecule has 3 nitrogen and oxygen atoms in total. The molecule has 110 valence electrons. The Kier molecular flexibility index (Phi) is 5.82. The highest BCUT2D eigenvalue weighted by Gasteiger charge is 2.11. The highest BCUT2D eigenvalue weighted by molar-refractivity contribution is 9.11. The van der Waals surface area contributed by atoms with Gasteiger partial charge in [-0.3, -0.25) is 4.79 Å². The van der Waals surface area contributed by atoms with E-state index in [1.807, 2.05) is 25.1 Å². The first-order chi connectivity index (χ1) is 10.1. The number of para-hydroxylation sites is 1. The first-order valence-electron chi connectivity index (χ1n) is 6.44. The van der Waals surface area contributed by atoms with Gasteiger partial charge in [-0.05, 0) is 75.2 Å². The van der Waals surface area contributed by atoms with Gasteiger partial charge in [0.15, 0.2) is 12.4 Å². The Hall–Kier alpha value is -1.33. The summed E-state index contributed by atoms with van der Waals surface area (Å²) in [7, 11) is 0. The monoisotopic (exact) mass is 412 g/mol. The minimum Gasteiger partial charge on any atom is -0.494 e. The van der Waals surface area contributed by atoms with Crippen molar-refractivity contribution in [3.05, 3.63) is 57.0 Å². The maximum Gasteiger partial charge on any atom is 0.200 e. The lowest BCUT2D eigenvalue weighted by molar-refractivity contribution is 0.0920. The number of carbonyl (C=O) groups excluding carboxylic acids is 1. The third-order valence-corrected chi connectivity index (χ3v) is 4.00. The zero-order valence-electron chi connectivity index (χ0n) is 11.4. The van der Waals surface area contributed by atoms with Crippen molar-refractivity contribution >= 4 is 37.6 Å². The molecule has 0 aliphatic heterocycles. The van der Waals surface area contributed by atoms with E-state index < -0.39 is 0 Å². The molecule has 2 aromatic carbocycles. The molecule has 0 aliphatic carbocycles. The van der Waals surface area contributed by atoms with E-state index in [-0.39, 0.29) is 12.4 Å². The van der Waals surface area contributed by atoms with E-state index in [9.17, 15) is 4.79 Å². The molecule has 0 spiro atoms. The largest absolute Gasteiger partial charge is 0.494 e. The van der Waals surface area contributed by atoms with Crippen LogP contribution in [0.3, 0.4) is 0 Å². The summed E-state index contributed by atoms with van der Waals surface area (Å²) >= 11 is 6.79. The summed E-state index contributed by atoms with van der Waals surface area (Å²) in [6.45, 7) is 2.50. The molecule has 0 unspecified atom stereocenters. The number of rotatable bonds is 6. The van der Waals surface area contributed by atoms with Crippen LogP contribution in [0.1, 0.15) is 17.3 Å². The molecule has 21 heavy (non-hydrogen) atoms. The first-order valence-corrected chi connectivity index (χ1v) is 8.03. The molecular formula is C16H14Br2O3. The van der Waals surface area contributed by atoms with Crippen LogP contribution in [0.15, 0.2) is 51.4 Å². The fraction of sp³-hybridized carbons (Fsp3) is 0.188. The number of carbonyl (C=O) groups is 1. The SMILES string of the molecule is CCOc1ccc(C(=O)COc2c(Br)cccc2Br)cc1. The summed E-state index contributed by atoms with van der Waals surface area (Å²) in [5.74, 6) is 1.29. The van der Waals surface area contributed by atoms with Crippen molar-refractivity contribution in [2.75, 3.05) is 13.2 Å². The zero-order valence-corrected chi connectivity index (χ0v) is 14.6. The highest BCUT2D eigenvalue weighted by Crippen LogP contribution is 2.33. The van der Waals surface area contributed by atoms with E-state index in [1.165, 1.54) is 0 Å². The Morgan fingerprint density at radius 2 is 1.62 bits per heavy atom.